The minimum Gasteiger partial charge on any atom is -0.457 e. The van der Waals surface area contributed by atoms with Gasteiger partial charge in [0.05, 0.1) is 6.04 Å². The topological polar surface area (TPSA) is 72.9 Å². The Labute approximate surface area is 191 Å². The second kappa shape index (κ2) is 8.54. The van der Waals surface area contributed by atoms with Crippen molar-refractivity contribution in [2.24, 2.45) is 5.92 Å². The molecule has 2 aliphatic rings. The molecule has 0 spiro atoms. The van der Waals surface area contributed by atoms with Crippen LogP contribution in [0, 0.1) is 5.92 Å². The number of cyclic esters (lactones) is 1. The second-order valence-electron chi connectivity index (χ2n) is 8.37. The van der Waals surface area contributed by atoms with E-state index in [2.05, 4.69) is 0 Å². The van der Waals surface area contributed by atoms with Gasteiger partial charge in [0.2, 0.25) is 5.91 Å². The summed E-state index contributed by atoms with van der Waals surface area (Å²) < 4.78 is 11.3. The van der Waals surface area contributed by atoms with Gasteiger partial charge >= 0.3 is 6.09 Å². The van der Waals surface area contributed by atoms with Gasteiger partial charge in [-0.2, -0.15) is 0 Å². The fraction of sp³-hybridized carbons (Fsp3) is 0.222. The number of carbonyl (C=O) groups excluding carboxylic acids is 3. The Hall–Kier alpha value is -3.93. The van der Waals surface area contributed by atoms with Crippen molar-refractivity contribution < 1.29 is 23.9 Å². The lowest BCUT2D eigenvalue weighted by Gasteiger charge is -2.34. The molecule has 3 aromatic carbocycles. The molecule has 2 heterocycles. The van der Waals surface area contributed by atoms with Crippen molar-refractivity contribution >= 4 is 17.8 Å². The van der Waals surface area contributed by atoms with Gasteiger partial charge in [0.1, 0.15) is 29.8 Å². The van der Waals surface area contributed by atoms with Gasteiger partial charge in [-0.3, -0.25) is 9.59 Å². The number of nitrogens with zero attached hydrogens (tertiary/aromatic N) is 1. The number of imide groups is 1. The molecule has 0 N–H and O–H groups in total. The molecule has 2 atom stereocenters. The van der Waals surface area contributed by atoms with Crippen LogP contribution in [0.1, 0.15) is 29.5 Å². The van der Waals surface area contributed by atoms with Crippen molar-refractivity contribution in [1.82, 2.24) is 4.90 Å². The van der Waals surface area contributed by atoms with Gasteiger partial charge in [-0.25, -0.2) is 9.69 Å². The summed E-state index contributed by atoms with van der Waals surface area (Å²) in [4.78, 5) is 40.7. The van der Waals surface area contributed by atoms with E-state index in [1.165, 1.54) is 6.92 Å². The summed E-state index contributed by atoms with van der Waals surface area (Å²) in [6.07, 6.45) is -0.245. The Balaban J connectivity index is 1.55. The smallest absolute Gasteiger partial charge is 0.417 e. The molecule has 3 aromatic rings. The number of hydrogen-bond acceptors (Lipinski definition) is 5. The van der Waals surface area contributed by atoms with Gasteiger partial charge < -0.3 is 9.47 Å². The molecule has 1 fully saturated rings. The van der Waals surface area contributed by atoms with Crippen LogP contribution in [-0.2, 0) is 20.7 Å². The summed E-state index contributed by atoms with van der Waals surface area (Å²) in [5.74, 6) is -1.30. The van der Waals surface area contributed by atoms with E-state index in [9.17, 15) is 14.4 Å². The fourth-order valence-electron chi connectivity index (χ4n) is 4.77. The number of para-hydroxylation sites is 2. The summed E-state index contributed by atoms with van der Waals surface area (Å²) in [7, 11) is 0. The van der Waals surface area contributed by atoms with Crippen molar-refractivity contribution in [2.45, 2.75) is 25.3 Å². The molecule has 33 heavy (non-hydrogen) atoms. The minimum absolute atomic E-state index is 0.102. The van der Waals surface area contributed by atoms with E-state index in [1.54, 1.807) is 0 Å². The second-order valence-corrected chi connectivity index (χ2v) is 8.37. The first kappa shape index (κ1) is 20.9. The summed E-state index contributed by atoms with van der Waals surface area (Å²) in [6, 6.07) is 23.9. The lowest BCUT2D eigenvalue weighted by atomic mass is 9.76. The van der Waals surface area contributed by atoms with Crippen molar-refractivity contribution in [3.05, 3.63) is 95.6 Å². The molecular formula is C27H23NO5. The van der Waals surface area contributed by atoms with Gasteiger partial charge in [-0.15, -0.1) is 0 Å². The highest BCUT2D eigenvalue weighted by Gasteiger charge is 2.47. The number of amides is 2. The molecule has 0 bridgehead atoms. The number of benzene rings is 3. The van der Waals surface area contributed by atoms with E-state index in [-0.39, 0.29) is 12.4 Å². The maximum absolute atomic E-state index is 13.9. The molecule has 2 aliphatic heterocycles. The normalized spacial score (nSPS) is 18.0. The Morgan fingerprint density at radius 3 is 2.09 bits per heavy atom. The van der Waals surface area contributed by atoms with E-state index in [4.69, 9.17) is 9.47 Å². The highest BCUT2D eigenvalue weighted by Crippen LogP contribution is 2.48. The van der Waals surface area contributed by atoms with Gasteiger partial charge in [0.15, 0.2) is 0 Å². The molecule has 0 unspecified atom stereocenters. The van der Waals surface area contributed by atoms with Gasteiger partial charge in [0, 0.05) is 17.0 Å². The summed E-state index contributed by atoms with van der Waals surface area (Å²) in [5, 5.41) is 0. The molecule has 0 aromatic heterocycles. The van der Waals surface area contributed by atoms with Crippen LogP contribution in [0.15, 0.2) is 78.9 Å². The molecule has 0 aliphatic carbocycles. The Kier molecular flexibility index (Phi) is 5.42. The van der Waals surface area contributed by atoms with Gasteiger partial charge in [-0.1, -0.05) is 66.7 Å². The molecular weight excluding hydrogens is 418 g/mol. The third-order valence-corrected chi connectivity index (χ3v) is 6.28. The fourth-order valence-corrected chi connectivity index (χ4v) is 4.77. The first-order chi connectivity index (χ1) is 16.0. The van der Waals surface area contributed by atoms with E-state index in [0.29, 0.717) is 17.9 Å². The van der Waals surface area contributed by atoms with Gasteiger partial charge in [0.25, 0.3) is 0 Å². The van der Waals surface area contributed by atoms with Crippen LogP contribution in [0.3, 0.4) is 0 Å². The third-order valence-electron chi connectivity index (χ3n) is 6.28. The average Bonchev–Trinajstić information content (AvgIpc) is 3.19. The molecule has 5 rings (SSSR count). The first-order valence-corrected chi connectivity index (χ1v) is 10.9. The van der Waals surface area contributed by atoms with Crippen molar-refractivity contribution in [2.75, 3.05) is 6.61 Å². The zero-order valence-corrected chi connectivity index (χ0v) is 18.1. The minimum atomic E-state index is -1.08. The summed E-state index contributed by atoms with van der Waals surface area (Å²) in [5.41, 5.74) is 2.48. The predicted molar refractivity (Wildman–Crippen MR) is 121 cm³/mol. The van der Waals surface area contributed by atoms with Crippen LogP contribution in [0.4, 0.5) is 4.79 Å². The van der Waals surface area contributed by atoms with Crippen LogP contribution in [0.25, 0.3) is 0 Å². The highest BCUT2D eigenvalue weighted by atomic mass is 16.6. The molecule has 0 radical (unpaired) electrons. The molecule has 166 valence electrons. The predicted octanol–water partition coefficient (Wildman–Crippen LogP) is 4.72. The van der Waals surface area contributed by atoms with Crippen molar-refractivity contribution in [1.29, 1.82) is 0 Å². The maximum Gasteiger partial charge on any atom is 0.417 e. The third kappa shape index (κ3) is 3.78. The standard InChI is InChI=1S/C27H23NO5/c1-17(29)24(25-20-11-5-7-13-22(20)33-23-14-8-6-12-21(23)25)26(30)28-19(16-32-27(28)31)15-18-9-3-2-4-10-18/h2-14,19,24-25H,15-16H2,1H3/t19-,24-/m0/s1. The van der Waals surface area contributed by atoms with Crippen molar-refractivity contribution in [3.8, 4) is 11.5 Å². The highest BCUT2D eigenvalue weighted by molar-refractivity contribution is 6.07. The molecule has 2 amide bonds. The van der Waals surface area contributed by atoms with Gasteiger partial charge in [-0.05, 0) is 31.0 Å². The van der Waals surface area contributed by atoms with Crippen LogP contribution in [0.5, 0.6) is 11.5 Å². The molecule has 6 heteroatoms. The Morgan fingerprint density at radius 2 is 1.48 bits per heavy atom. The average molecular weight is 441 g/mol. The van der Waals surface area contributed by atoms with Crippen LogP contribution in [0.2, 0.25) is 0 Å². The Morgan fingerprint density at radius 1 is 0.909 bits per heavy atom. The summed E-state index contributed by atoms with van der Waals surface area (Å²) in [6.45, 7) is 1.50. The van der Waals surface area contributed by atoms with E-state index < -0.39 is 29.9 Å². The molecule has 0 saturated carbocycles. The lowest BCUT2D eigenvalue weighted by Crippen LogP contribution is -2.47. The van der Waals surface area contributed by atoms with Crippen LogP contribution in [-0.4, -0.2) is 35.3 Å². The van der Waals surface area contributed by atoms with E-state index in [0.717, 1.165) is 21.6 Å². The number of ether oxygens (including phenoxy) is 2. The lowest BCUT2D eigenvalue weighted by molar-refractivity contribution is -0.139. The zero-order valence-electron chi connectivity index (χ0n) is 18.1. The summed E-state index contributed by atoms with van der Waals surface area (Å²) >= 11 is 0. The SMILES string of the molecule is CC(=O)[C@H](C(=O)N1C(=O)OC[C@@H]1Cc1ccccc1)C1c2ccccc2Oc2ccccc21. The number of carbonyl (C=O) groups is 3. The van der Waals surface area contributed by atoms with E-state index in [1.807, 2.05) is 78.9 Å². The molecule has 6 nitrogen and oxygen atoms in total. The zero-order chi connectivity index (χ0) is 22.9. The van der Waals surface area contributed by atoms with Crippen LogP contribution >= 0.6 is 0 Å². The van der Waals surface area contributed by atoms with Crippen molar-refractivity contribution in [3.63, 3.8) is 0 Å². The largest absolute Gasteiger partial charge is 0.457 e. The first-order valence-electron chi connectivity index (χ1n) is 10.9. The monoisotopic (exact) mass is 441 g/mol. The van der Waals surface area contributed by atoms with Crippen LogP contribution < -0.4 is 4.74 Å². The quantitative estimate of drug-likeness (QED) is 0.536. The molecule has 1 saturated heterocycles. The number of Topliss-reactive ketones (excluding diaryl/α,β-unsaturated/α-hetero) is 1. The van der Waals surface area contributed by atoms with E-state index >= 15 is 0 Å². The number of fused-ring (bicyclic) bond motifs is 2. The Bertz CT molecular complexity index is 1180. The number of hydrogen-bond donors (Lipinski definition) is 0. The maximum atomic E-state index is 13.9. The number of rotatable bonds is 5. The number of ketones is 1.